The lowest BCUT2D eigenvalue weighted by Crippen LogP contribution is -2.38. The number of anilines is 1. The fourth-order valence-electron chi connectivity index (χ4n) is 2.71. The van der Waals surface area contributed by atoms with E-state index in [1.54, 1.807) is 13.2 Å². The molecule has 1 unspecified atom stereocenters. The zero-order chi connectivity index (χ0) is 14.4. The Balaban J connectivity index is 1.99. The second-order valence-electron chi connectivity index (χ2n) is 5.43. The Kier molecular flexibility index (Phi) is 5.25. The van der Waals surface area contributed by atoms with Gasteiger partial charge in [-0.05, 0) is 45.0 Å². The molecule has 4 heteroatoms. The lowest BCUT2D eigenvalue weighted by molar-refractivity contribution is 0.223. The number of benzene rings is 1. The molecule has 0 radical (unpaired) electrons. The van der Waals surface area contributed by atoms with Crippen molar-refractivity contribution >= 4 is 5.69 Å². The van der Waals surface area contributed by atoms with Crippen LogP contribution in [0.3, 0.4) is 0 Å². The van der Waals surface area contributed by atoms with Crippen molar-refractivity contribution in [2.45, 2.75) is 32.2 Å². The molecule has 1 heterocycles. The molecule has 1 aromatic carbocycles. The standard InChI is InChI=1S/C16H23N3O/c1-13(12-19-8-4-3-5-9-19)18-16-10-15(20-2)7-6-14(16)11-17/h6-7,10,13,18H,3-5,8-9,12H2,1-2H3. The smallest absolute Gasteiger partial charge is 0.121 e. The lowest BCUT2D eigenvalue weighted by atomic mass is 10.1. The van der Waals surface area contributed by atoms with Gasteiger partial charge in [0.1, 0.15) is 11.8 Å². The maximum Gasteiger partial charge on any atom is 0.121 e. The minimum atomic E-state index is 0.312. The van der Waals surface area contributed by atoms with Crippen molar-refractivity contribution in [3.63, 3.8) is 0 Å². The van der Waals surface area contributed by atoms with Gasteiger partial charge in [-0.15, -0.1) is 0 Å². The number of nitriles is 1. The predicted octanol–water partition coefficient (Wildman–Crippen LogP) is 2.85. The van der Waals surface area contributed by atoms with Crippen LogP contribution in [-0.2, 0) is 0 Å². The molecule has 0 spiro atoms. The van der Waals surface area contributed by atoms with Crippen molar-refractivity contribution < 1.29 is 4.74 Å². The molecule has 0 bridgehead atoms. The third kappa shape index (κ3) is 3.88. The second-order valence-corrected chi connectivity index (χ2v) is 5.43. The molecule has 108 valence electrons. The molecule has 1 N–H and O–H groups in total. The van der Waals surface area contributed by atoms with E-state index in [1.165, 1.54) is 32.4 Å². The third-order valence-electron chi connectivity index (χ3n) is 3.73. The van der Waals surface area contributed by atoms with E-state index in [2.05, 4.69) is 23.2 Å². The van der Waals surface area contributed by atoms with Crippen LogP contribution in [0, 0.1) is 11.3 Å². The van der Waals surface area contributed by atoms with Gasteiger partial charge in [-0.2, -0.15) is 5.26 Å². The molecular weight excluding hydrogens is 250 g/mol. The Bertz CT molecular complexity index is 475. The van der Waals surface area contributed by atoms with Gasteiger partial charge < -0.3 is 15.0 Å². The first-order chi connectivity index (χ1) is 9.72. The summed E-state index contributed by atoms with van der Waals surface area (Å²) >= 11 is 0. The van der Waals surface area contributed by atoms with Crippen molar-refractivity contribution in [3.05, 3.63) is 23.8 Å². The van der Waals surface area contributed by atoms with Gasteiger partial charge in [0.25, 0.3) is 0 Å². The Labute approximate surface area is 121 Å². The van der Waals surface area contributed by atoms with Crippen molar-refractivity contribution in [2.75, 3.05) is 32.1 Å². The van der Waals surface area contributed by atoms with E-state index in [9.17, 15) is 5.26 Å². The predicted molar refractivity (Wildman–Crippen MR) is 81.1 cm³/mol. The summed E-state index contributed by atoms with van der Waals surface area (Å²) in [5.74, 6) is 0.775. The van der Waals surface area contributed by atoms with Crippen LogP contribution >= 0.6 is 0 Å². The van der Waals surface area contributed by atoms with Crippen molar-refractivity contribution in [1.29, 1.82) is 5.26 Å². The van der Waals surface area contributed by atoms with Gasteiger partial charge in [0.15, 0.2) is 0 Å². The Morgan fingerprint density at radius 1 is 1.35 bits per heavy atom. The van der Waals surface area contributed by atoms with Crippen LogP contribution in [-0.4, -0.2) is 37.7 Å². The Morgan fingerprint density at radius 2 is 2.10 bits per heavy atom. The highest BCUT2D eigenvalue weighted by molar-refractivity contribution is 5.60. The normalized spacial score (nSPS) is 17.2. The molecule has 0 aromatic heterocycles. The van der Waals surface area contributed by atoms with Gasteiger partial charge in [0.2, 0.25) is 0 Å². The lowest BCUT2D eigenvalue weighted by Gasteiger charge is -2.29. The van der Waals surface area contributed by atoms with Crippen LogP contribution < -0.4 is 10.1 Å². The number of nitrogens with zero attached hydrogens (tertiary/aromatic N) is 2. The van der Waals surface area contributed by atoms with Crippen LogP contribution in [0.2, 0.25) is 0 Å². The molecule has 1 aliphatic heterocycles. The molecule has 1 aromatic rings. The van der Waals surface area contributed by atoms with E-state index in [0.29, 0.717) is 11.6 Å². The van der Waals surface area contributed by atoms with Crippen LogP contribution in [0.4, 0.5) is 5.69 Å². The monoisotopic (exact) mass is 273 g/mol. The van der Waals surface area contributed by atoms with E-state index < -0.39 is 0 Å². The number of ether oxygens (including phenoxy) is 1. The summed E-state index contributed by atoms with van der Waals surface area (Å²) in [4.78, 5) is 2.49. The van der Waals surface area contributed by atoms with Crippen LogP contribution in [0.1, 0.15) is 31.7 Å². The van der Waals surface area contributed by atoms with Crippen molar-refractivity contribution in [1.82, 2.24) is 4.90 Å². The number of piperidine rings is 1. The maximum atomic E-state index is 9.18. The molecule has 0 saturated carbocycles. The summed E-state index contributed by atoms with van der Waals surface area (Å²) < 4.78 is 5.23. The molecule has 0 aliphatic carbocycles. The Hall–Kier alpha value is -1.73. The number of nitrogens with one attached hydrogen (secondary N) is 1. The van der Waals surface area contributed by atoms with Crippen molar-refractivity contribution in [3.8, 4) is 11.8 Å². The van der Waals surface area contributed by atoms with Gasteiger partial charge in [0, 0.05) is 18.7 Å². The first-order valence-electron chi connectivity index (χ1n) is 7.30. The zero-order valence-corrected chi connectivity index (χ0v) is 12.4. The Morgan fingerprint density at radius 3 is 2.75 bits per heavy atom. The van der Waals surface area contributed by atoms with Gasteiger partial charge in [-0.1, -0.05) is 6.42 Å². The van der Waals surface area contributed by atoms with Crippen LogP contribution in [0.5, 0.6) is 5.75 Å². The van der Waals surface area contributed by atoms with Crippen LogP contribution in [0.25, 0.3) is 0 Å². The van der Waals surface area contributed by atoms with Gasteiger partial charge in [0.05, 0.1) is 18.4 Å². The molecule has 1 saturated heterocycles. The molecule has 1 fully saturated rings. The molecule has 0 amide bonds. The summed E-state index contributed by atoms with van der Waals surface area (Å²) in [6.45, 7) is 5.56. The molecule has 2 rings (SSSR count). The third-order valence-corrected chi connectivity index (χ3v) is 3.73. The highest BCUT2D eigenvalue weighted by Crippen LogP contribution is 2.23. The van der Waals surface area contributed by atoms with E-state index in [4.69, 9.17) is 4.74 Å². The second kappa shape index (κ2) is 7.16. The largest absolute Gasteiger partial charge is 0.497 e. The fraction of sp³-hybridized carbons (Fsp3) is 0.562. The summed E-state index contributed by atoms with van der Waals surface area (Å²) in [5, 5.41) is 12.6. The quantitative estimate of drug-likeness (QED) is 0.896. The van der Waals surface area contributed by atoms with E-state index in [-0.39, 0.29) is 0 Å². The minimum Gasteiger partial charge on any atom is -0.497 e. The summed E-state index contributed by atoms with van der Waals surface area (Å²) in [6, 6.07) is 8.05. The molecule has 4 nitrogen and oxygen atoms in total. The van der Waals surface area contributed by atoms with Gasteiger partial charge in [-0.25, -0.2) is 0 Å². The van der Waals surface area contributed by atoms with Gasteiger partial charge in [-0.3, -0.25) is 0 Å². The number of methoxy groups -OCH3 is 1. The number of rotatable bonds is 5. The summed E-state index contributed by atoms with van der Waals surface area (Å²) in [5.41, 5.74) is 1.52. The number of likely N-dealkylation sites (tertiary alicyclic amines) is 1. The SMILES string of the molecule is COc1ccc(C#N)c(NC(C)CN2CCCCC2)c1. The zero-order valence-electron chi connectivity index (χ0n) is 12.4. The molecule has 20 heavy (non-hydrogen) atoms. The molecule has 1 aliphatic rings. The fourth-order valence-corrected chi connectivity index (χ4v) is 2.71. The minimum absolute atomic E-state index is 0.312. The van der Waals surface area contributed by atoms with Crippen LogP contribution in [0.15, 0.2) is 18.2 Å². The summed E-state index contributed by atoms with van der Waals surface area (Å²) in [6.07, 6.45) is 3.96. The topological polar surface area (TPSA) is 48.3 Å². The van der Waals surface area contributed by atoms with E-state index in [1.807, 2.05) is 12.1 Å². The van der Waals surface area contributed by atoms with E-state index in [0.717, 1.165) is 18.0 Å². The average Bonchev–Trinajstić information content (AvgIpc) is 2.48. The number of hydrogen-bond donors (Lipinski definition) is 1. The molecular formula is C16H23N3O. The first kappa shape index (κ1) is 14.7. The highest BCUT2D eigenvalue weighted by atomic mass is 16.5. The van der Waals surface area contributed by atoms with Crippen molar-refractivity contribution in [2.24, 2.45) is 0 Å². The summed E-state index contributed by atoms with van der Waals surface area (Å²) in [7, 11) is 1.64. The van der Waals surface area contributed by atoms with E-state index >= 15 is 0 Å². The molecule has 1 atom stereocenters. The number of hydrogen-bond acceptors (Lipinski definition) is 4. The van der Waals surface area contributed by atoms with Gasteiger partial charge >= 0.3 is 0 Å². The average molecular weight is 273 g/mol. The maximum absolute atomic E-state index is 9.18. The highest BCUT2D eigenvalue weighted by Gasteiger charge is 2.14. The first-order valence-corrected chi connectivity index (χ1v) is 7.30.